The second-order valence-corrected chi connectivity index (χ2v) is 3.56. The highest BCUT2D eigenvalue weighted by Gasteiger charge is 1.94. The van der Waals surface area contributed by atoms with Crippen LogP contribution in [0.1, 0.15) is 19.3 Å². The minimum Gasteiger partial charge on any atom is -0.231 e. The monoisotopic (exact) mass is 193 g/mol. The van der Waals surface area contributed by atoms with Crippen molar-refractivity contribution >= 4 is 11.8 Å². The van der Waals surface area contributed by atoms with E-state index in [-0.39, 0.29) is 0 Å². The largest absolute Gasteiger partial charge is 0.231 e. The van der Waals surface area contributed by atoms with Crippen molar-refractivity contribution in [1.82, 2.24) is 9.97 Å². The van der Waals surface area contributed by atoms with Crippen molar-refractivity contribution < 1.29 is 0 Å². The quantitative estimate of drug-likeness (QED) is 0.409. The van der Waals surface area contributed by atoms with Gasteiger partial charge in [0.15, 0.2) is 5.16 Å². The number of thioether (sulfide) groups is 1. The number of hydrogen-bond acceptors (Lipinski definition) is 4. The Morgan fingerprint density at radius 1 is 1.31 bits per heavy atom. The summed E-state index contributed by atoms with van der Waals surface area (Å²) in [6.07, 6.45) is 6.15. The van der Waals surface area contributed by atoms with Gasteiger partial charge in [-0.15, -0.1) is 0 Å². The molecule has 0 aliphatic heterocycles. The van der Waals surface area contributed by atoms with Gasteiger partial charge in [0.25, 0.3) is 0 Å². The van der Waals surface area contributed by atoms with Crippen molar-refractivity contribution in [2.75, 3.05) is 5.75 Å². The maximum Gasteiger partial charge on any atom is 0.187 e. The molecule has 0 bridgehead atoms. The summed E-state index contributed by atoms with van der Waals surface area (Å²) in [5, 5.41) is 9.12. The fourth-order valence-electron chi connectivity index (χ4n) is 0.830. The van der Waals surface area contributed by atoms with Crippen LogP contribution in [0.4, 0.5) is 0 Å². The lowest BCUT2D eigenvalue weighted by Gasteiger charge is -1.96. The van der Waals surface area contributed by atoms with E-state index in [2.05, 4.69) is 16.0 Å². The van der Waals surface area contributed by atoms with E-state index in [1.807, 2.05) is 0 Å². The van der Waals surface area contributed by atoms with Crippen molar-refractivity contribution in [3.05, 3.63) is 18.5 Å². The second-order valence-electron chi connectivity index (χ2n) is 2.50. The van der Waals surface area contributed by atoms with E-state index in [1.54, 1.807) is 30.2 Å². The molecule has 4 heteroatoms. The van der Waals surface area contributed by atoms with Gasteiger partial charge in [-0.05, 0) is 18.9 Å². The molecule has 0 N–H and O–H groups in total. The maximum atomic E-state index is 8.30. The van der Waals surface area contributed by atoms with Gasteiger partial charge in [-0.1, -0.05) is 11.8 Å². The molecule has 0 radical (unpaired) electrons. The van der Waals surface area contributed by atoms with Gasteiger partial charge in [0.1, 0.15) is 0 Å². The third-order valence-corrected chi connectivity index (χ3v) is 2.42. The van der Waals surface area contributed by atoms with Gasteiger partial charge in [0.2, 0.25) is 0 Å². The van der Waals surface area contributed by atoms with E-state index in [9.17, 15) is 0 Å². The fraction of sp³-hybridized carbons (Fsp3) is 0.444. The first kappa shape index (κ1) is 10.0. The minimum absolute atomic E-state index is 0.649. The van der Waals surface area contributed by atoms with E-state index in [0.717, 1.165) is 23.8 Å². The Kier molecular flexibility index (Phi) is 4.95. The first-order valence-electron chi connectivity index (χ1n) is 4.20. The summed E-state index contributed by atoms with van der Waals surface area (Å²) in [5.41, 5.74) is 0. The molecule has 0 aliphatic rings. The fourth-order valence-corrected chi connectivity index (χ4v) is 1.63. The van der Waals surface area contributed by atoms with Crippen LogP contribution in [-0.2, 0) is 0 Å². The molecule has 13 heavy (non-hydrogen) atoms. The van der Waals surface area contributed by atoms with Crippen LogP contribution in [-0.4, -0.2) is 15.7 Å². The smallest absolute Gasteiger partial charge is 0.187 e. The molecule has 68 valence electrons. The first-order valence-corrected chi connectivity index (χ1v) is 5.19. The third-order valence-electron chi connectivity index (χ3n) is 1.46. The van der Waals surface area contributed by atoms with Crippen molar-refractivity contribution in [3.63, 3.8) is 0 Å². The van der Waals surface area contributed by atoms with Crippen molar-refractivity contribution in [2.45, 2.75) is 24.4 Å². The zero-order chi connectivity index (χ0) is 9.36. The molecule has 1 heterocycles. The number of hydrogen-bond donors (Lipinski definition) is 0. The predicted octanol–water partition coefficient (Wildman–Crippen LogP) is 2.26. The molecule has 0 saturated carbocycles. The standard InChI is InChI=1S/C9H11N3S/c10-5-2-1-3-8-13-9-11-6-4-7-12-9/h4,6-7H,1-3,8H2. The lowest BCUT2D eigenvalue weighted by Crippen LogP contribution is -1.86. The molecule has 0 amide bonds. The van der Waals surface area contributed by atoms with E-state index in [4.69, 9.17) is 5.26 Å². The average Bonchev–Trinajstić information content (AvgIpc) is 2.19. The maximum absolute atomic E-state index is 8.30. The van der Waals surface area contributed by atoms with Crippen LogP contribution in [0.3, 0.4) is 0 Å². The van der Waals surface area contributed by atoms with Crippen molar-refractivity contribution in [2.24, 2.45) is 0 Å². The number of nitriles is 1. The molecule has 0 spiro atoms. The lowest BCUT2D eigenvalue weighted by atomic mass is 10.3. The predicted molar refractivity (Wildman–Crippen MR) is 52.2 cm³/mol. The molecule has 0 aromatic carbocycles. The number of unbranched alkanes of at least 4 members (excludes halogenated alkanes) is 2. The average molecular weight is 193 g/mol. The van der Waals surface area contributed by atoms with Gasteiger partial charge in [-0.3, -0.25) is 0 Å². The molecule has 0 aliphatic carbocycles. The Bertz CT molecular complexity index is 268. The zero-order valence-electron chi connectivity index (χ0n) is 7.31. The SMILES string of the molecule is N#CCCCCSc1ncccn1. The van der Waals surface area contributed by atoms with Crippen LogP contribution in [0, 0.1) is 11.3 Å². The van der Waals surface area contributed by atoms with Crippen LogP contribution in [0.15, 0.2) is 23.6 Å². The van der Waals surface area contributed by atoms with Crippen LogP contribution < -0.4 is 0 Å². The van der Waals surface area contributed by atoms with Crippen molar-refractivity contribution in [1.29, 1.82) is 5.26 Å². The van der Waals surface area contributed by atoms with Gasteiger partial charge < -0.3 is 0 Å². The van der Waals surface area contributed by atoms with Gasteiger partial charge in [0.05, 0.1) is 6.07 Å². The van der Waals surface area contributed by atoms with Gasteiger partial charge in [-0.25, -0.2) is 9.97 Å². The normalized spacial score (nSPS) is 9.46. The Morgan fingerprint density at radius 3 is 2.77 bits per heavy atom. The van der Waals surface area contributed by atoms with Crippen LogP contribution in [0.25, 0.3) is 0 Å². The highest BCUT2D eigenvalue weighted by atomic mass is 32.2. The molecule has 3 nitrogen and oxygen atoms in total. The first-order chi connectivity index (χ1) is 6.43. The second kappa shape index (κ2) is 6.44. The summed E-state index contributed by atoms with van der Waals surface area (Å²) in [4.78, 5) is 8.17. The van der Waals surface area contributed by atoms with E-state index in [1.165, 1.54) is 0 Å². The molecular weight excluding hydrogens is 182 g/mol. The summed E-state index contributed by atoms with van der Waals surface area (Å²) < 4.78 is 0. The van der Waals surface area contributed by atoms with Crippen LogP contribution in [0.5, 0.6) is 0 Å². The molecule has 1 aromatic rings. The molecule has 0 fully saturated rings. The summed E-state index contributed by atoms with van der Waals surface area (Å²) in [7, 11) is 0. The topological polar surface area (TPSA) is 49.6 Å². The van der Waals surface area contributed by atoms with E-state index >= 15 is 0 Å². The molecule has 1 aromatic heterocycles. The number of aromatic nitrogens is 2. The number of rotatable bonds is 5. The van der Waals surface area contributed by atoms with Crippen LogP contribution in [0.2, 0.25) is 0 Å². The lowest BCUT2D eigenvalue weighted by molar-refractivity contribution is 0.827. The highest BCUT2D eigenvalue weighted by molar-refractivity contribution is 7.99. The summed E-state index contributed by atoms with van der Waals surface area (Å²) in [6.45, 7) is 0. The molecule has 0 saturated heterocycles. The van der Waals surface area contributed by atoms with Gasteiger partial charge in [0, 0.05) is 24.6 Å². The summed E-state index contributed by atoms with van der Waals surface area (Å²) in [6, 6.07) is 3.93. The van der Waals surface area contributed by atoms with Crippen molar-refractivity contribution in [3.8, 4) is 6.07 Å². The Hall–Kier alpha value is -1.08. The molecule has 0 unspecified atom stereocenters. The molecule has 0 atom stereocenters. The molecular formula is C9H11N3S. The highest BCUT2D eigenvalue weighted by Crippen LogP contribution is 2.13. The number of nitrogens with zero attached hydrogens (tertiary/aromatic N) is 3. The van der Waals surface area contributed by atoms with E-state index < -0.39 is 0 Å². The summed E-state index contributed by atoms with van der Waals surface area (Å²) in [5.74, 6) is 0.992. The van der Waals surface area contributed by atoms with Gasteiger partial charge in [-0.2, -0.15) is 5.26 Å². The third kappa shape index (κ3) is 4.48. The zero-order valence-corrected chi connectivity index (χ0v) is 8.13. The Labute approximate surface area is 82.2 Å². The Morgan fingerprint density at radius 2 is 2.08 bits per heavy atom. The van der Waals surface area contributed by atoms with E-state index in [0.29, 0.717) is 6.42 Å². The minimum atomic E-state index is 0.649. The Balaban J connectivity index is 2.11. The van der Waals surface area contributed by atoms with Crippen LogP contribution >= 0.6 is 11.8 Å². The summed E-state index contributed by atoms with van der Waals surface area (Å²) >= 11 is 1.64. The molecule has 1 rings (SSSR count). The van der Waals surface area contributed by atoms with Gasteiger partial charge >= 0.3 is 0 Å².